The van der Waals surface area contributed by atoms with Crippen LogP contribution < -0.4 is 5.73 Å². The van der Waals surface area contributed by atoms with Gasteiger partial charge in [-0.2, -0.15) is 0 Å². The summed E-state index contributed by atoms with van der Waals surface area (Å²) in [4.78, 5) is 138. The molecule has 44 heteroatoms. The van der Waals surface area contributed by atoms with Gasteiger partial charge in [0.2, 0.25) is 0 Å². The summed E-state index contributed by atoms with van der Waals surface area (Å²) in [6, 6.07) is 29.2. The number of aldehydes is 1. The molecule has 0 spiro atoms. The maximum atomic E-state index is 14.6. The summed E-state index contributed by atoms with van der Waals surface area (Å²) in [5.41, 5.74) is 4.63. The van der Waals surface area contributed by atoms with Gasteiger partial charge in [-0.25, -0.2) is 73.1 Å². The number of esters is 1. The number of aliphatic hydroxyl groups excluding tert-OH is 4. The normalized spacial score (nSPS) is 22.6. The first-order valence-electron chi connectivity index (χ1n) is 45.7. The van der Waals surface area contributed by atoms with E-state index in [4.69, 9.17) is 105 Å². The highest BCUT2D eigenvalue weighted by atomic mass is 35.5. The summed E-state index contributed by atoms with van der Waals surface area (Å²) >= 11 is 22.7. The van der Waals surface area contributed by atoms with E-state index in [1.54, 1.807) is 162 Å². The number of likely N-dealkylation sites (tertiary alicyclic amines) is 5. The molecule has 0 aromatic heterocycles. The Morgan fingerprint density at radius 3 is 1.03 bits per heavy atom. The van der Waals surface area contributed by atoms with Crippen LogP contribution in [0.3, 0.4) is 0 Å². The van der Waals surface area contributed by atoms with Crippen LogP contribution >= 0.6 is 46.4 Å². The number of hydrogen-bond acceptors (Lipinski definition) is 25. The predicted octanol–water partition coefficient (Wildman–Crippen LogP) is 16.2. The van der Waals surface area contributed by atoms with Crippen molar-refractivity contribution in [1.82, 2.24) is 24.5 Å². The molecule has 6 heterocycles. The van der Waals surface area contributed by atoms with Crippen molar-refractivity contribution in [2.45, 2.75) is 274 Å². The largest absolute Gasteiger partial charge is 0.480 e. The molecule has 0 bridgehead atoms. The minimum absolute atomic E-state index is 0.0151. The lowest BCUT2D eigenvalue weighted by Gasteiger charge is -2.29. The molecule has 12 rings (SSSR count). The third kappa shape index (κ3) is 37.6. The first-order chi connectivity index (χ1) is 67.4. The number of benzene rings is 6. The number of nitrogens with zero attached hydrogens (tertiary/aromatic N) is 5. The monoisotopic (exact) mass is 2120 g/mol. The predicted molar refractivity (Wildman–Crippen MR) is 511 cm³/mol. The zero-order chi connectivity index (χ0) is 108. The van der Waals surface area contributed by atoms with Crippen molar-refractivity contribution < 1.29 is 160 Å². The third-order valence-corrected chi connectivity index (χ3v) is 22.7. The van der Waals surface area contributed by atoms with Gasteiger partial charge >= 0.3 is 42.4 Å². The van der Waals surface area contributed by atoms with Gasteiger partial charge in [0, 0.05) is 44.4 Å². The molecule has 16 atom stereocenters. The van der Waals surface area contributed by atoms with Crippen molar-refractivity contribution in [1.29, 1.82) is 0 Å². The summed E-state index contributed by atoms with van der Waals surface area (Å²) in [5, 5.41) is 46.7. The Morgan fingerprint density at radius 2 is 0.722 bits per heavy atom. The van der Waals surface area contributed by atoms with Crippen LogP contribution in [0.4, 0.5) is 63.5 Å². The molecule has 7 N–H and O–H groups in total. The topological polar surface area (TPSA) is 414 Å². The van der Waals surface area contributed by atoms with Crippen LogP contribution in [0.1, 0.15) is 149 Å². The Hall–Kier alpha value is -10.8. The number of amides is 5. The fraction of sp³-hybridized carbons (Fsp3) is 0.510. The highest BCUT2D eigenvalue weighted by Crippen LogP contribution is 2.35. The van der Waals surface area contributed by atoms with Gasteiger partial charge in [-0.05, 0) is 161 Å². The van der Waals surface area contributed by atoms with Crippen molar-refractivity contribution >= 4 is 112 Å². The molecular formula is C100H123Cl4F9N6O25. The number of ether oxygens (including phenoxy) is 9. The number of hydrogen-bond donors (Lipinski definition) is 6. The Balaban J connectivity index is 0.000000266. The SMILES string of the molecule is C=CCO[C@H]1[C@@H](C(=O)CCc2cccc(Cl)c2F)N(C(=O)OC(C)(C)C)C[C@@H]1F.CC(C)(C)OC(=O)N1C[C@H](F)[C@@H](O)[C@H]1C(=O)CCc1cccc(Cl)c1F.CC(C)(C)OC(=O)N1C[C@H](F)[C@@H](O)[C@H]1C(=O)O.CC(C)(C)OC(=O)N1C[C@H](F)[C@@H](OCC=O)[C@H]1C(=O)CCc1cccc(Cl)c1F.NCc1cccc(Cl)c1F.O=C(OCc1ccccc1)[C@@H]1[C@H](O)[C@@H](F)CN1C(=O)OCc1ccccc1.OC1CCCO1. The van der Waals surface area contributed by atoms with Crippen molar-refractivity contribution in [2.75, 3.05) is 52.5 Å². The first-order valence-corrected chi connectivity index (χ1v) is 47.2. The van der Waals surface area contributed by atoms with Crippen LogP contribution in [0.25, 0.3) is 0 Å². The van der Waals surface area contributed by atoms with Crippen LogP contribution in [0.15, 0.2) is 146 Å². The molecule has 6 aliphatic rings. The van der Waals surface area contributed by atoms with E-state index in [0.29, 0.717) is 16.7 Å². The number of carboxylic acid groups (broad SMARTS) is 1. The molecule has 6 aliphatic heterocycles. The molecule has 31 nitrogen and oxygen atoms in total. The number of nitrogens with two attached hydrogens (primary N) is 1. The number of alkyl halides is 5. The second-order valence-corrected chi connectivity index (χ2v) is 39.0. The number of carbonyl (C=O) groups excluding carboxylic acids is 10. The van der Waals surface area contributed by atoms with E-state index in [1.165, 1.54) is 48.5 Å². The van der Waals surface area contributed by atoms with Gasteiger partial charge in [-0.1, -0.05) is 162 Å². The van der Waals surface area contributed by atoms with E-state index in [1.807, 2.05) is 12.1 Å². The maximum Gasteiger partial charge on any atom is 0.411 e. The van der Waals surface area contributed by atoms with Crippen molar-refractivity contribution in [3.8, 4) is 0 Å². The molecule has 6 fully saturated rings. The number of halogens is 13. The molecule has 6 aromatic rings. The average molecular weight is 2120 g/mol. The van der Waals surface area contributed by atoms with E-state index >= 15 is 0 Å². The highest BCUT2D eigenvalue weighted by molar-refractivity contribution is 6.31. The van der Waals surface area contributed by atoms with Crippen LogP contribution in [0.5, 0.6) is 0 Å². The average Bonchev–Trinajstić information content (AvgIpc) is 1.65. The highest BCUT2D eigenvalue weighted by Gasteiger charge is 2.55. The number of rotatable bonds is 25. The Kier molecular flexibility index (Phi) is 48.1. The van der Waals surface area contributed by atoms with Crippen LogP contribution in [0, 0.1) is 23.3 Å². The zero-order valence-corrected chi connectivity index (χ0v) is 84.4. The number of Topliss-reactive ketones (excluding diaryl/α,β-unsaturated/α-hetero) is 3. The number of ketones is 3. The Labute approximate surface area is 848 Å². The van der Waals surface area contributed by atoms with Crippen LogP contribution in [-0.2, 0) is 110 Å². The Bertz CT molecular complexity index is 5130. The summed E-state index contributed by atoms with van der Waals surface area (Å²) in [6.45, 7) is 21.7. The first kappa shape index (κ1) is 122. The number of carbonyl (C=O) groups is 11. The fourth-order valence-electron chi connectivity index (χ4n) is 14.8. The van der Waals surface area contributed by atoms with Gasteiger partial charge < -0.3 is 78.7 Å². The van der Waals surface area contributed by atoms with Crippen molar-refractivity contribution in [3.63, 3.8) is 0 Å². The van der Waals surface area contributed by atoms with E-state index in [9.17, 15) is 108 Å². The smallest absolute Gasteiger partial charge is 0.411 e. The summed E-state index contributed by atoms with van der Waals surface area (Å²) in [6.07, 6.45) is -17.4. The number of aliphatic hydroxyl groups is 4. The molecule has 794 valence electrons. The molecule has 1 unspecified atom stereocenters. The lowest BCUT2D eigenvalue weighted by Crippen LogP contribution is -2.48. The number of aliphatic carboxylic acids is 1. The van der Waals surface area contributed by atoms with Crippen LogP contribution in [-0.4, -0.2) is 289 Å². The molecule has 6 aromatic carbocycles. The van der Waals surface area contributed by atoms with Crippen molar-refractivity contribution in [3.05, 3.63) is 223 Å². The summed E-state index contributed by atoms with van der Waals surface area (Å²) in [5.74, 6) is -6.12. The maximum absolute atomic E-state index is 14.6. The third-order valence-electron chi connectivity index (χ3n) is 21.5. The van der Waals surface area contributed by atoms with Gasteiger partial charge in [0.25, 0.3) is 0 Å². The van der Waals surface area contributed by atoms with Gasteiger partial charge in [-0.3, -0.25) is 38.9 Å². The second kappa shape index (κ2) is 56.8. The lowest BCUT2D eigenvalue weighted by molar-refractivity contribution is -0.153. The standard InChI is InChI=1S/C21H26ClF2NO4.C20H24ClF2NO5.C20H20FNO5.C18H22ClF2NO4.C10H16FNO5.C7H7ClFN.C4H8O2/c1-5-11-28-19-15(23)12-25(20(27)29-21(2,3)4)18(19)16(26)10-9-13-7-6-8-14(22)17(13)24;1-20(2,3)29-19(27)24-11-14(22)18(28-10-9-25)17(24)15(26)8-7-12-5-4-6-13(21)16(12)23;21-16-11-22(20(25)27-13-15-9-5-2-6-10-15)17(18(16)23)19(24)26-12-14-7-3-1-4-8-14;1-18(2,3)26-17(25)22-9-12(20)16(24)15(22)13(23)8-7-10-5-4-6-11(19)14(10)21;1-10(2,3)17-9(16)12-4-5(11)7(13)6(12)8(14)15;8-6-3-1-2-5(4-10)7(6)9;5-4-2-1-3-6-4/h5-8,15,18-19H,1,9-12H2,2-4H3;4-6,9,14,17-18H,7-8,10-11H2,1-3H3;1-10,16-18,23H,11-13H2;4-6,12,15-16,24H,7-9H2,1-3H3;5-7,13H,4H2,1-3H3,(H,14,15);1-3H,4,10H2;4-5H,1-3H2/t15-,18+,19+;14-,17+,18+;16-,17-,18+;12-,15+,16+;5-,6-,7+;;/m00000../s1. The second-order valence-electron chi connectivity index (χ2n) is 37.4. The zero-order valence-electron chi connectivity index (χ0n) is 81.4. The molecule has 0 saturated carbocycles. The summed E-state index contributed by atoms with van der Waals surface area (Å²) < 4.78 is 171. The molecule has 0 aliphatic carbocycles. The molecule has 144 heavy (non-hydrogen) atoms. The van der Waals surface area contributed by atoms with Crippen molar-refractivity contribution in [2.24, 2.45) is 5.73 Å². The number of aryl methyl sites for hydroxylation is 3. The molecular weight excluding hydrogens is 2000 g/mol. The minimum Gasteiger partial charge on any atom is -0.480 e. The lowest BCUT2D eigenvalue weighted by atomic mass is 9.99. The van der Waals surface area contributed by atoms with Gasteiger partial charge in [-0.15, -0.1) is 6.58 Å². The van der Waals surface area contributed by atoms with Gasteiger partial charge in [0.15, 0.2) is 35.7 Å². The quantitative estimate of drug-likeness (QED) is 0.0102. The Morgan fingerprint density at radius 1 is 0.417 bits per heavy atom. The number of carboxylic acids is 1. The minimum atomic E-state index is -1.77. The molecule has 5 amide bonds. The molecule has 6 saturated heterocycles. The summed E-state index contributed by atoms with van der Waals surface area (Å²) in [7, 11) is 0. The van der Waals surface area contributed by atoms with E-state index in [0.717, 1.165) is 50.2 Å². The van der Waals surface area contributed by atoms with E-state index in [2.05, 4.69) is 6.58 Å². The van der Waals surface area contributed by atoms with Gasteiger partial charge in [0.05, 0.1) is 59.4 Å². The molecule has 0 radical (unpaired) electrons. The van der Waals surface area contributed by atoms with Gasteiger partial charge in [0.1, 0.15) is 151 Å². The fourth-order valence-corrected chi connectivity index (χ4v) is 15.6. The van der Waals surface area contributed by atoms with E-state index in [-0.39, 0.29) is 108 Å². The van der Waals surface area contributed by atoms with E-state index < -0.39 is 236 Å². The van der Waals surface area contributed by atoms with Crippen LogP contribution in [0.2, 0.25) is 20.1 Å².